The number of thioether (sulfide) groups is 1. The van der Waals surface area contributed by atoms with Crippen LogP contribution >= 0.6 is 11.8 Å². The van der Waals surface area contributed by atoms with Crippen LogP contribution in [0.5, 0.6) is 5.75 Å². The summed E-state index contributed by atoms with van der Waals surface area (Å²) in [7, 11) is 0. The Morgan fingerprint density at radius 1 is 1.44 bits per heavy atom. The third-order valence-corrected chi connectivity index (χ3v) is 4.16. The Bertz CT molecular complexity index is 309. The highest BCUT2D eigenvalue weighted by Gasteiger charge is 2.12. The van der Waals surface area contributed by atoms with Crippen LogP contribution in [0.15, 0.2) is 18.3 Å². The van der Waals surface area contributed by atoms with Crippen molar-refractivity contribution in [2.45, 2.75) is 31.1 Å². The van der Waals surface area contributed by atoms with Gasteiger partial charge in [0.2, 0.25) is 0 Å². The van der Waals surface area contributed by atoms with Gasteiger partial charge < -0.3 is 10.4 Å². The number of hydrogen-bond donors (Lipinski definition) is 2. The summed E-state index contributed by atoms with van der Waals surface area (Å²) in [6, 6.07) is 3.54. The van der Waals surface area contributed by atoms with Gasteiger partial charge in [-0.2, -0.15) is 11.8 Å². The van der Waals surface area contributed by atoms with Crippen molar-refractivity contribution in [1.82, 2.24) is 10.3 Å². The normalized spacial score (nSPS) is 20.9. The summed E-state index contributed by atoms with van der Waals surface area (Å²) < 4.78 is 0. The highest BCUT2D eigenvalue weighted by Crippen LogP contribution is 2.24. The van der Waals surface area contributed by atoms with Crippen molar-refractivity contribution in [3.05, 3.63) is 24.0 Å². The number of nitrogens with one attached hydrogen (secondary N) is 1. The predicted octanol–water partition coefficient (Wildman–Crippen LogP) is 2.16. The fraction of sp³-hybridized carbons (Fsp3) is 0.583. The summed E-state index contributed by atoms with van der Waals surface area (Å²) in [6.45, 7) is 1.85. The second kappa shape index (κ2) is 6.11. The third-order valence-electron chi connectivity index (χ3n) is 2.76. The third kappa shape index (κ3) is 3.68. The van der Waals surface area contributed by atoms with E-state index in [0.29, 0.717) is 0 Å². The fourth-order valence-corrected chi connectivity index (χ4v) is 3.12. The highest BCUT2D eigenvalue weighted by molar-refractivity contribution is 7.99. The van der Waals surface area contributed by atoms with Crippen LogP contribution in [-0.4, -0.2) is 27.6 Å². The van der Waals surface area contributed by atoms with Crippen LogP contribution in [0.4, 0.5) is 0 Å². The number of rotatable bonds is 4. The molecule has 1 aromatic rings. The van der Waals surface area contributed by atoms with Crippen LogP contribution in [0.1, 0.15) is 25.0 Å². The van der Waals surface area contributed by atoms with E-state index in [0.717, 1.165) is 24.0 Å². The molecule has 0 amide bonds. The van der Waals surface area contributed by atoms with Crippen molar-refractivity contribution in [3.8, 4) is 5.75 Å². The van der Waals surface area contributed by atoms with Gasteiger partial charge in [0, 0.05) is 18.3 Å². The first-order chi connectivity index (χ1) is 7.84. The second-order valence-electron chi connectivity index (χ2n) is 4.13. The molecular weight excluding hydrogens is 220 g/mol. The van der Waals surface area contributed by atoms with Crippen molar-refractivity contribution in [2.24, 2.45) is 0 Å². The van der Waals surface area contributed by atoms with Crippen LogP contribution in [0.3, 0.4) is 0 Å². The molecule has 1 aromatic heterocycles. The summed E-state index contributed by atoms with van der Waals surface area (Å²) in [5.41, 5.74) is 0.985. The molecule has 1 atom stereocenters. The molecule has 0 aliphatic carbocycles. The molecular formula is C12H18N2OS. The summed E-state index contributed by atoms with van der Waals surface area (Å²) in [4.78, 5) is 4.14. The molecule has 1 saturated heterocycles. The van der Waals surface area contributed by atoms with Gasteiger partial charge in [0.15, 0.2) is 0 Å². The first kappa shape index (κ1) is 11.7. The average molecular weight is 238 g/mol. The van der Waals surface area contributed by atoms with Crippen LogP contribution in [-0.2, 0) is 6.54 Å². The van der Waals surface area contributed by atoms with Gasteiger partial charge in [-0.1, -0.05) is 6.42 Å². The monoisotopic (exact) mass is 238 g/mol. The maximum atomic E-state index is 9.10. The molecule has 4 heteroatoms. The zero-order valence-electron chi connectivity index (χ0n) is 9.35. The lowest BCUT2D eigenvalue weighted by Gasteiger charge is -2.21. The molecule has 1 fully saturated rings. The van der Waals surface area contributed by atoms with E-state index >= 15 is 0 Å². The topological polar surface area (TPSA) is 45.1 Å². The van der Waals surface area contributed by atoms with Crippen molar-refractivity contribution in [3.63, 3.8) is 0 Å². The zero-order chi connectivity index (χ0) is 11.2. The van der Waals surface area contributed by atoms with Gasteiger partial charge in [-0.3, -0.25) is 4.98 Å². The van der Waals surface area contributed by atoms with Crippen LogP contribution < -0.4 is 5.32 Å². The van der Waals surface area contributed by atoms with Gasteiger partial charge in [-0.15, -0.1) is 0 Å². The van der Waals surface area contributed by atoms with Crippen molar-refractivity contribution >= 4 is 11.8 Å². The van der Waals surface area contributed by atoms with Gasteiger partial charge in [-0.25, -0.2) is 0 Å². The van der Waals surface area contributed by atoms with Gasteiger partial charge in [0.25, 0.3) is 0 Å². The average Bonchev–Trinajstić information content (AvgIpc) is 2.33. The van der Waals surface area contributed by atoms with E-state index in [2.05, 4.69) is 22.1 Å². The van der Waals surface area contributed by atoms with Gasteiger partial charge in [0.1, 0.15) is 5.75 Å². The Labute approximate surface area is 101 Å². The Kier molecular flexibility index (Phi) is 4.48. The van der Waals surface area contributed by atoms with Gasteiger partial charge in [-0.05, 0) is 30.7 Å². The molecule has 1 unspecified atom stereocenters. The Hall–Kier alpha value is -0.740. The smallest absolute Gasteiger partial charge is 0.133 e. The Morgan fingerprint density at radius 3 is 3.06 bits per heavy atom. The summed E-state index contributed by atoms with van der Waals surface area (Å²) >= 11 is 2.08. The number of pyridine rings is 1. The number of nitrogens with zero attached hydrogens (tertiary/aromatic N) is 1. The van der Waals surface area contributed by atoms with Crippen molar-refractivity contribution in [1.29, 1.82) is 0 Å². The van der Waals surface area contributed by atoms with E-state index in [-0.39, 0.29) is 5.75 Å². The predicted molar refractivity (Wildman–Crippen MR) is 67.7 cm³/mol. The lowest BCUT2D eigenvalue weighted by molar-refractivity contribution is 0.471. The molecule has 0 radical (unpaired) electrons. The summed E-state index contributed by atoms with van der Waals surface area (Å²) in [6.07, 6.45) is 5.57. The quantitative estimate of drug-likeness (QED) is 0.844. The van der Waals surface area contributed by atoms with E-state index in [9.17, 15) is 0 Å². The lowest BCUT2D eigenvalue weighted by atomic mass is 10.2. The maximum absolute atomic E-state index is 9.10. The molecule has 0 aromatic carbocycles. The molecule has 2 rings (SSSR count). The standard InChI is InChI=1S/C12H18N2OS/c15-11-5-4-10(14-8-11)7-13-9-12-3-1-2-6-16-12/h4-5,8,12-13,15H,1-3,6-7,9H2. The summed E-state index contributed by atoms with van der Waals surface area (Å²) in [5.74, 6) is 1.54. The van der Waals surface area contributed by atoms with E-state index in [1.807, 2.05) is 6.07 Å². The van der Waals surface area contributed by atoms with E-state index in [1.165, 1.54) is 31.2 Å². The van der Waals surface area contributed by atoms with E-state index < -0.39 is 0 Å². The highest BCUT2D eigenvalue weighted by atomic mass is 32.2. The number of hydrogen-bond acceptors (Lipinski definition) is 4. The zero-order valence-corrected chi connectivity index (χ0v) is 10.2. The minimum atomic E-state index is 0.228. The number of aromatic hydroxyl groups is 1. The molecule has 16 heavy (non-hydrogen) atoms. The van der Waals surface area contributed by atoms with Crippen LogP contribution in [0.25, 0.3) is 0 Å². The first-order valence-corrected chi connectivity index (χ1v) is 6.86. The Balaban J connectivity index is 1.69. The molecule has 2 N–H and O–H groups in total. The minimum absolute atomic E-state index is 0.228. The maximum Gasteiger partial charge on any atom is 0.133 e. The Morgan fingerprint density at radius 2 is 2.38 bits per heavy atom. The van der Waals surface area contributed by atoms with Crippen LogP contribution in [0.2, 0.25) is 0 Å². The van der Waals surface area contributed by atoms with Crippen molar-refractivity contribution in [2.75, 3.05) is 12.3 Å². The molecule has 0 saturated carbocycles. The second-order valence-corrected chi connectivity index (χ2v) is 5.54. The minimum Gasteiger partial charge on any atom is -0.506 e. The van der Waals surface area contributed by atoms with E-state index in [1.54, 1.807) is 6.07 Å². The molecule has 0 bridgehead atoms. The molecule has 2 heterocycles. The molecule has 3 nitrogen and oxygen atoms in total. The SMILES string of the molecule is Oc1ccc(CNCC2CCCCS2)nc1. The van der Waals surface area contributed by atoms with Crippen molar-refractivity contribution < 1.29 is 5.11 Å². The van der Waals surface area contributed by atoms with Gasteiger partial charge in [0.05, 0.1) is 11.9 Å². The molecule has 1 aliphatic heterocycles. The van der Waals surface area contributed by atoms with E-state index in [4.69, 9.17) is 5.11 Å². The van der Waals surface area contributed by atoms with Crippen LogP contribution in [0, 0.1) is 0 Å². The summed E-state index contributed by atoms with van der Waals surface area (Å²) in [5, 5.41) is 13.3. The lowest BCUT2D eigenvalue weighted by Crippen LogP contribution is -2.26. The first-order valence-electron chi connectivity index (χ1n) is 5.81. The van der Waals surface area contributed by atoms with Gasteiger partial charge >= 0.3 is 0 Å². The fourth-order valence-electron chi connectivity index (χ4n) is 1.85. The molecule has 0 spiro atoms. The number of aromatic nitrogens is 1. The largest absolute Gasteiger partial charge is 0.506 e. The molecule has 1 aliphatic rings. The molecule has 88 valence electrons.